The van der Waals surface area contributed by atoms with Gasteiger partial charge in [0.05, 0.1) is 25.8 Å². The molecule has 0 aromatic heterocycles. The van der Waals surface area contributed by atoms with Crippen LogP contribution in [-0.4, -0.2) is 61.3 Å². The zero-order valence-electron chi connectivity index (χ0n) is 19.1. The van der Waals surface area contributed by atoms with E-state index in [2.05, 4.69) is 34.1 Å². The molecule has 0 saturated carbocycles. The molecule has 1 aliphatic heterocycles. The van der Waals surface area contributed by atoms with Crippen LogP contribution in [0.4, 0.5) is 0 Å². The lowest BCUT2D eigenvalue weighted by Crippen LogP contribution is -2.47. The van der Waals surface area contributed by atoms with Gasteiger partial charge in [0, 0.05) is 38.3 Å². The molecule has 1 fully saturated rings. The molecule has 0 spiro atoms. The van der Waals surface area contributed by atoms with Crippen molar-refractivity contribution in [3.63, 3.8) is 0 Å². The Balaban J connectivity index is 1.61. The SMILES string of the molecule is COC(=O)c1ccc(O)c(C(c2ccc(OC)cc2)N2CCN(Cc3ccccc3)CC2)c1. The van der Waals surface area contributed by atoms with Crippen LogP contribution in [0.15, 0.2) is 72.8 Å². The molecule has 3 aromatic carbocycles. The van der Waals surface area contributed by atoms with Crippen molar-refractivity contribution in [2.45, 2.75) is 12.6 Å². The Labute approximate surface area is 195 Å². The number of hydrogen-bond donors (Lipinski definition) is 1. The van der Waals surface area contributed by atoms with Gasteiger partial charge in [-0.3, -0.25) is 9.80 Å². The van der Waals surface area contributed by atoms with E-state index in [4.69, 9.17) is 9.47 Å². The predicted octanol–water partition coefficient (Wildman–Crippen LogP) is 4.09. The summed E-state index contributed by atoms with van der Waals surface area (Å²) in [5.41, 5.74) is 3.46. The summed E-state index contributed by atoms with van der Waals surface area (Å²) < 4.78 is 10.2. The molecule has 1 saturated heterocycles. The lowest BCUT2D eigenvalue weighted by Gasteiger charge is -2.40. The topological polar surface area (TPSA) is 62.2 Å². The molecule has 33 heavy (non-hydrogen) atoms. The molecule has 6 nitrogen and oxygen atoms in total. The van der Waals surface area contributed by atoms with E-state index in [1.165, 1.54) is 12.7 Å². The highest BCUT2D eigenvalue weighted by Gasteiger charge is 2.29. The first-order chi connectivity index (χ1) is 16.1. The summed E-state index contributed by atoms with van der Waals surface area (Å²) >= 11 is 0. The Morgan fingerprint density at radius 2 is 1.64 bits per heavy atom. The minimum atomic E-state index is -0.419. The number of phenols is 1. The highest BCUT2D eigenvalue weighted by atomic mass is 16.5. The van der Waals surface area contributed by atoms with Crippen LogP contribution >= 0.6 is 0 Å². The minimum Gasteiger partial charge on any atom is -0.508 e. The van der Waals surface area contributed by atoms with Gasteiger partial charge >= 0.3 is 5.97 Å². The van der Waals surface area contributed by atoms with E-state index in [0.717, 1.165) is 44.0 Å². The van der Waals surface area contributed by atoms with E-state index in [0.29, 0.717) is 11.1 Å². The zero-order chi connectivity index (χ0) is 23.2. The third-order valence-electron chi connectivity index (χ3n) is 6.20. The molecule has 1 aliphatic rings. The molecular weight excluding hydrogens is 416 g/mol. The van der Waals surface area contributed by atoms with Gasteiger partial charge in [0.25, 0.3) is 0 Å². The number of benzene rings is 3. The van der Waals surface area contributed by atoms with Gasteiger partial charge in [-0.2, -0.15) is 0 Å². The fourth-order valence-electron chi connectivity index (χ4n) is 4.41. The number of ether oxygens (including phenoxy) is 2. The van der Waals surface area contributed by atoms with Crippen molar-refractivity contribution in [1.82, 2.24) is 9.80 Å². The first-order valence-corrected chi connectivity index (χ1v) is 11.1. The molecule has 0 radical (unpaired) electrons. The molecule has 0 amide bonds. The normalized spacial score (nSPS) is 15.7. The number of hydrogen-bond acceptors (Lipinski definition) is 6. The zero-order valence-corrected chi connectivity index (χ0v) is 19.1. The fourth-order valence-corrected chi connectivity index (χ4v) is 4.41. The van der Waals surface area contributed by atoms with Gasteiger partial charge in [0.2, 0.25) is 0 Å². The highest BCUT2D eigenvalue weighted by Crippen LogP contribution is 2.36. The third-order valence-corrected chi connectivity index (χ3v) is 6.20. The molecule has 1 heterocycles. The van der Waals surface area contributed by atoms with Gasteiger partial charge in [-0.15, -0.1) is 0 Å². The van der Waals surface area contributed by atoms with Crippen LogP contribution in [0.25, 0.3) is 0 Å². The van der Waals surface area contributed by atoms with E-state index >= 15 is 0 Å². The number of rotatable bonds is 7. The Morgan fingerprint density at radius 1 is 0.939 bits per heavy atom. The summed E-state index contributed by atoms with van der Waals surface area (Å²) in [5.74, 6) is 0.519. The van der Waals surface area contributed by atoms with Crippen molar-refractivity contribution in [1.29, 1.82) is 0 Å². The fraction of sp³-hybridized carbons (Fsp3) is 0.296. The van der Waals surface area contributed by atoms with Crippen LogP contribution in [0.5, 0.6) is 11.5 Å². The Hall–Kier alpha value is -3.35. The Kier molecular flexibility index (Phi) is 7.27. The van der Waals surface area contributed by atoms with E-state index in [9.17, 15) is 9.90 Å². The van der Waals surface area contributed by atoms with Crippen molar-refractivity contribution < 1.29 is 19.4 Å². The monoisotopic (exact) mass is 446 g/mol. The van der Waals surface area contributed by atoms with Gasteiger partial charge in [0.1, 0.15) is 11.5 Å². The van der Waals surface area contributed by atoms with E-state index < -0.39 is 5.97 Å². The van der Waals surface area contributed by atoms with Gasteiger partial charge in [-0.1, -0.05) is 42.5 Å². The molecule has 172 valence electrons. The van der Waals surface area contributed by atoms with Crippen LogP contribution in [0, 0.1) is 0 Å². The molecular formula is C27H30N2O4. The molecule has 1 atom stereocenters. The number of nitrogens with zero attached hydrogens (tertiary/aromatic N) is 2. The summed E-state index contributed by atoms with van der Waals surface area (Å²) in [6.45, 7) is 4.43. The largest absolute Gasteiger partial charge is 0.508 e. The maximum absolute atomic E-state index is 12.2. The van der Waals surface area contributed by atoms with Gasteiger partial charge < -0.3 is 14.6 Å². The summed E-state index contributed by atoms with van der Waals surface area (Å²) in [6.07, 6.45) is 0. The van der Waals surface area contributed by atoms with Gasteiger partial charge in [0.15, 0.2) is 0 Å². The smallest absolute Gasteiger partial charge is 0.337 e. The van der Waals surface area contributed by atoms with Crippen LogP contribution in [-0.2, 0) is 11.3 Å². The summed E-state index contributed by atoms with van der Waals surface area (Å²) in [7, 11) is 3.01. The molecule has 6 heteroatoms. The highest BCUT2D eigenvalue weighted by molar-refractivity contribution is 5.89. The second kappa shape index (κ2) is 10.5. The summed E-state index contributed by atoms with van der Waals surface area (Å²) in [6, 6.07) is 23.1. The summed E-state index contributed by atoms with van der Waals surface area (Å²) in [5, 5.41) is 10.8. The first kappa shape index (κ1) is 22.8. The van der Waals surface area contributed by atoms with Crippen LogP contribution < -0.4 is 4.74 Å². The van der Waals surface area contributed by atoms with Crippen molar-refractivity contribution in [3.05, 3.63) is 95.1 Å². The van der Waals surface area contributed by atoms with Crippen LogP contribution in [0.1, 0.15) is 33.1 Å². The molecule has 0 bridgehead atoms. The van der Waals surface area contributed by atoms with Crippen molar-refractivity contribution >= 4 is 5.97 Å². The average molecular weight is 447 g/mol. The van der Waals surface area contributed by atoms with Crippen LogP contribution in [0.3, 0.4) is 0 Å². The number of carbonyl (C=O) groups is 1. The Bertz CT molecular complexity index is 1060. The molecule has 4 rings (SSSR count). The van der Waals surface area contributed by atoms with Crippen molar-refractivity contribution in [2.75, 3.05) is 40.4 Å². The summed E-state index contributed by atoms with van der Waals surface area (Å²) in [4.78, 5) is 17.0. The van der Waals surface area contributed by atoms with Crippen molar-refractivity contribution in [2.24, 2.45) is 0 Å². The second-order valence-electron chi connectivity index (χ2n) is 8.24. The molecule has 0 aliphatic carbocycles. The predicted molar refractivity (Wildman–Crippen MR) is 128 cm³/mol. The lowest BCUT2D eigenvalue weighted by atomic mass is 9.94. The molecule has 3 aromatic rings. The first-order valence-electron chi connectivity index (χ1n) is 11.1. The number of piperazine rings is 1. The number of aromatic hydroxyl groups is 1. The Morgan fingerprint density at radius 3 is 2.27 bits per heavy atom. The molecule has 1 unspecified atom stereocenters. The second-order valence-corrected chi connectivity index (χ2v) is 8.24. The third kappa shape index (κ3) is 5.35. The lowest BCUT2D eigenvalue weighted by molar-refractivity contribution is 0.0600. The number of esters is 1. The quantitative estimate of drug-likeness (QED) is 0.552. The van der Waals surface area contributed by atoms with E-state index in [1.54, 1.807) is 25.3 Å². The standard InChI is InChI=1S/C27H30N2O4/c1-32-23-11-8-21(9-12-23)26(24-18-22(27(31)33-2)10-13-25(24)30)29-16-14-28(15-17-29)19-20-6-4-3-5-7-20/h3-13,18,26,30H,14-17,19H2,1-2H3. The number of methoxy groups -OCH3 is 2. The number of carbonyl (C=O) groups excluding carboxylic acids is 1. The van der Waals surface area contributed by atoms with Crippen molar-refractivity contribution in [3.8, 4) is 11.5 Å². The van der Waals surface area contributed by atoms with E-state index in [1.807, 2.05) is 30.3 Å². The van der Waals surface area contributed by atoms with E-state index in [-0.39, 0.29) is 11.8 Å². The minimum absolute atomic E-state index is 0.162. The van der Waals surface area contributed by atoms with Gasteiger partial charge in [-0.25, -0.2) is 4.79 Å². The molecule has 1 N–H and O–H groups in total. The number of phenolic OH excluding ortho intramolecular Hbond substituents is 1. The maximum Gasteiger partial charge on any atom is 0.337 e. The maximum atomic E-state index is 12.2. The average Bonchev–Trinajstić information content (AvgIpc) is 2.87. The van der Waals surface area contributed by atoms with Crippen LogP contribution in [0.2, 0.25) is 0 Å². The van der Waals surface area contributed by atoms with Gasteiger partial charge in [-0.05, 0) is 41.5 Å².